The van der Waals surface area contributed by atoms with Crippen LogP contribution in [0.15, 0.2) is 69.5 Å². The van der Waals surface area contributed by atoms with E-state index in [1.807, 2.05) is 13.8 Å². The highest BCUT2D eigenvalue weighted by Gasteiger charge is 2.18. The topological polar surface area (TPSA) is 78.5 Å². The number of allylic oxidation sites excluding steroid dienone is 3. The van der Waals surface area contributed by atoms with E-state index in [1.165, 1.54) is 15.2 Å². The van der Waals surface area contributed by atoms with E-state index < -0.39 is 17.2 Å². The van der Waals surface area contributed by atoms with E-state index in [0.717, 1.165) is 6.20 Å². The summed E-state index contributed by atoms with van der Waals surface area (Å²) in [7, 11) is 1.54. The highest BCUT2D eigenvalue weighted by atomic mass is 35.5. The minimum Gasteiger partial charge on any atom is -0.485 e. The number of hydrogen-bond acceptors (Lipinski definition) is 5. The third-order valence-electron chi connectivity index (χ3n) is 5.57. The molecule has 0 bridgehead atoms. The molecule has 0 aliphatic heterocycles. The molecule has 0 saturated carbocycles. The SMILES string of the molecule is C=C(C)/C(=C\C(=NC)n1cccc(C(C)C)c1=O)n1c(C)cc(OCc2ncc(F)cc2F)c(Cl)c1=O. The molecule has 0 fully saturated rings. The molecule has 0 atom stereocenters. The first-order chi connectivity index (χ1) is 17.5. The Balaban J connectivity index is 2.06. The molecule has 7 nitrogen and oxygen atoms in total. The molecular formula is C27H27ClF2N4O3. The molecule has 0 unspecified atom stereocenters. The molecule has 3 aromatic rings. The molecule has 0 saturated heterocycles. The van der Waals surface area contributed by atoms with Crippen LogP contribution in [-0.4, -0.2) is 27.0 Å². The Bertz CT molecular complexity index is 1540. The van der Waals surface area contributed by atoms with Crippen LogP contribution >= 0.6 is 11.6 Å². The molecule has 10 heteroatoms. The van der Waals surface area contributed by atoms with E-state index >= 15 is 0 Å². The number of halogens is 3. The lowest BCUT2D eigenvalue weighted by atomic mass is 10.1. The lowest BCUT2D eigenvalue weighted by Gasteiger charge is -2.18. The minimum atomic E-state index is -0.878. The largest absolute Gasteiger partial charge is 0.485 e. The average Bonchev–Trinajstić information content (AvgIpc) is 2.83. The van der Waals surface area contributed by atoms with Crippen molar-refractivity contribution in [2.24, 2.45) is 4.99 Å². The normalized spacial score (nSPS) is 12.2. The first-order valence-electron chi connectivity index (χ1n) is 11.4. The summed E-state index contributed by atoms with van der Waals surface area (Å²) in [5.41, 5.74) is 0.968. The van der Waals surface area contributed by atoms with Gasteiger partial charge in [-0.1, -0.05) is 38.1 Å². The summed E-state index contributed by atoms with van der Waals surface area (Å²) in [4.78, 5) is 34.3. The molecule has 0 spiro atoms. The number of aromatic nitrogens is 3. The van der Waals surface area contributed by atoms with Gasteiger partial charge in [0.2, 0.25) is 0 Å². The summed E-state index contributed by atoms with van der Waals surface area (Å²) in [6, 6.07) is 5.72. The third-order valence-corrected chi connectivity index (χ3v) is 5.91. The highest BCUT2D eigenvalue weighted by Crippen LogP contribution is 2.26. The zero-order valence-corrected chi connectivity index (χ0v) is 21.9. The lowest BCUT2D eigenvalue weighted by Crippen LogP contribution is -2.30. The highest BCUT2D eigenvalue weighted by molar-refractivity contribution is 6.31. The van der Waals surface area contributed by atoms with Crippen LogP contribution < -0.4 is 15.9 Å². The van der Waals surface area contributed by atoms with E-state index in [9.17, 15) is 18.4 Å². The molecule has 3 heterocycles. The minimum absolute atomic E-state index is 0.0113. The number of pyridine rings is 3. The van der Waals surface area contributed by atoms with E-state index in [-0.39, 0.29) is 34.6 Å². The van der Waals surface area contributed by atoms with E-state index in [2.05, 4.69) is 16.6 Å². The van der Waals surface area contributed by atoms with Gasteiger partial charge in [0.15, 0.2) is 5.82 Å². The smallest absolute Gasteiger partial charge is 0.277 e. The molecule has 0 N–H and O–H groups in total. The molecule has 37 heavy (non-hydrogen) atoms. The van der Waals surface area contributed by atoms with Gasteiger partial charge in [0.25, 0.3) is 11.1 Å². The summed E-state index contributed by atoms with van der Waals surface area (Å²) in [5.74, 6) is -1.37. The van der Waals surface area contributed by atoms with Crippen molar-refractivity contribution in [2.45, 2.75) is 40.2 Å². The number of aryl methyl sites for hydroxylation is 1. The maximum atomic E-state index is 13.9. The van der Waals surface area contributed by atoms with Crippen LogP contribution in [0.2, 0.25) is 5.02 Å². The van der Waals surface area contributed by atoms with Gasteiger partial charge in [-0.05, 0) is 31.4 Å². The van der Waals surface area contributed by atoms with Crippen LogP contribution in [0.4, 0.5) is 8.78 Å². The van der Waals surface area contributed by atoms with Crippen LogP contribution in [0.1, 0.15) is 43.6 Å². The summed E-state index contributed by atoms with van der Waals surface area (Å²) in [6.45, 7) is 10.8. The van der Waals surface area contributed by atoms with Gasteiger partial charge in [-0.25, -0.2) is 8.78 Å². The molecule has 194 valence electrons. The zero-order chi connectivity index (χ0) is 27.4. The zero-order valence-electron chi connectivity index (χ0n) is 21.2. The molecule has 0 radical (unpaired) electrons. The van der Waals surface area contributed by atoms with E-state index in [4.69, 9.17) is 16.3 Å². The van der Waals surface area contributed by atoms with Crippen molar-refractivity contribution in [1.29, 1.82) is 0 Å². The van der Waals surface area contributed by atoms with Gasteiger partial charge < -0.3 is 4.74 Å². The van der Waals surface area contributed by atoms with Crippen molar-refractivity contribution in [1.82, 2.24) is 14.1 Å². The second kappa shape index (κ2) is 11.5. The summed E-state index contributed by atoms with van der Waals surface area (Å²) in [6.07, 6.45) is 4.05. The van der Waals surface area contributed by atoms with Crippen molar-refractivity contribution < 1.29 is 13.5 Å². The van der Waals surface area contributed by atoms with Gasteiger partial charge >= 0.3 is 0 Å². The fourth-order valence-electron chi connectivity index (χ4n) is 3.65. The molecule has 3 rings (SSSR count). The predicted octanol–water partition coefficient (Wildman–Crippen LogP) is 5.34. The lowest BCUT2D eigenvalue weighted by molar-refractivity contribution is 0.292. The van der Waals surface area contributed by atoms with E-state index in [0.29, 0.717) is 34.4 Å². The molecule has 0 amide bonds. The summed E-state index contributed by atoms with van der Waals surface area (Å²) in [5, 5.41) is -0.255. The molecule has 0 aromatic carbocycles. The molecule has 0 aliphatic carbocycles. The van der Waals surface area contributed by atoms with Crippen molar-refractivity contribution >= 4 is 23.1 Å². The molecular weight excluding hydrogens is 502 g/mol. The molecule has 3 aromatic heterocycles. The van der Waals surface area contributed by atoms with Gasteiger partial charge in [-0.15, -0.1) is 0 Å². The maximum absolute atomic E-state index is 13.9. The van der Waals surface area contributed by atoms with Crippen LogP contribution in [0.5, 0.6) is 5.75 Å². The average molecular weight is 529 g/mol. The Morgan fingerprint density at radius 2 is 1.97 bits per heavy atom. The number of ether oxygens (including phenoxy) is 1. The summed E-state index contributed by atoms with van der Waals surface area (Å²) >= 11 is 6.34. The Kier molecular flexibility index (Phi) is 8.60. The van der Waals surface area contributed by atoms with Crippen LogP contribution in [-0.2, 0) is 6.61 Å². The third kappa shape index (κ3) is 5.94. The number of hydrogen-bond donors (Lipinski definition) is 0. The Morgan fingerprint density at radius 1 is 1.27 bits per heavy atom. The number of nitrogens with zero attached hydrogens (tertiary/aromatic N) is 4. The van der Waals surface area contributed by atoms with Crippen LogP contribution in [0.3, 0.4) is 0 Å². The van der Waals surface area contributed by atoms with Gasteiger partial charge in [0, 0.05) is 42.7 Å². The predicted molar refractivity (Wildman–Crippen MR) is 142 cm³/mol. The fraction of sp³-hybridized carbons (Fsp3) is 0.259. The Morgan fingerprint density at radius 3 is 2.57 bits per heavy atom. The second-order valence-electron chi connectivity index (χ2n) is 8.66. The quantitative estimate of drug-likeness (QED) is 0.235. The Labute approximate surface area is 218 Å². The van der Waals surface area contributed by atoms with Crippen LogP contribution in [0, 0.1) is 18.6 Å². The van der Waals surface area contributed by atoms with Gasteiger partial charge in [0.1, 0.15) is 34.7 Å². The van der Waals surface area contributed by atoms with Crippen molar-refractivity contribution in [2.75, 3.05) is 7.05 Å². The van der Waals surface area contributed by atoms with Gasteiger partial charge in [-0.3, -0.25) is 28.7 Å². The van der Waals surface area contributed by atoms with Crippen LogP contribution in [0.25, 0.3) is 5.70 Å². The second-order valence-corrected chi connectivity index (χ2v) is 9.04. The Hall–Kier alpha value is -3.85. The monoisotopic (exact) mass is 528 g/mol. The van der Waals surface area contributed by atoms with Crippen molar-refractivity contribution in [3.8, 4) is 5.75 Å². The molecule has 0 aliphatic rings. The van der Waals surface area contributed by atoms with Gasteiger partial charge in [0.05, 0.1) is 11.9 Å². The summed E-state index contributed by atoms with van der Waals surface area (Å²) < 4.78 is 35.3. The van der Waals surface area contributed by atoms with Gasteiger partial charge in [-0.2, -0.15) is 0 Å². The van der Waals surface area contributed by atoms with Crippen molar-refractivity contribution in [3.63, 3.8) is 0 Å². The number of aliphatic imine (C=N–C) groups is 1. The first kappa shape index (κ1) is 27.7. The van der Waals surface area contributed by atoms with E-state index in [1.54, 1.807) is 45.3 Å². The van der Waals surface area contributed by atoms with Crippen molar-refractivity contribution in [3.05, 3.63) is 109 Å². The standard InChI is InChI=1S/C27H27ClF2N4O3/c1-15(2)19-8-7-9-33(26(19)35)24(31-6)12-22(16(3)4)34-17(5)10-23(25(28)27(34)36)37-14-21-20(30)11-18(29)13-32-21/h7-13,15H,3,14H2,1-2,4-6H3/b22-12+,31-24?. The first-order valence-corrected chi connectivity index (χ1v) is 11.8. The maximum Gasteiger partial charge on any atom is 0.277 e. The fourth-order valence-corrected chi connectivity index (χ4v) is 3.85. The number of rotatable bonds is 7.